The van der Waals surface area contributed by atoms with Crippen LogP contribution in [0, 0.1) is 6.92 Å². The van der Waals surface area contributed by atoms with Gasteiger partial charge in [-0.25, -0.2) is 4.79 Å². The molecule has 6 nitrogen and oxygen atoms in total. The average molecular weight is 283 g/mol. The van der Waals surface area contributed by atoms with Gasteiger partial charge in [0.25, 0.3) is 0 Å². The number of carboxylic acids is 2. The number of thiophene rings is 1. The van der Waals surface area contributed by atoms with Crippen molar-refractivity contribution in [2.75, 3.05) is 0 Å². The predicted molar refractivity (Wildman–Crippen MR) is 69.9 cm³/mol. The summed E-state index contributed by atoms with van der Waals surface area (Å²) in [5, 5.41) is 21.3. The second kappa shape index (κ2) is 6.69. The van der Waals surface area contributed by atoms with E-state index in [9.17, 15) is 14.4 Å². The Morgan fingerprint density at radius 3 is 2.58 bits per heavy atom. The number of nitrogens with one attached hydrogen (secondary N) is 1. The van der Waals surface area contributed by atoms with Crippen LogP contribution in [0.25, 0.3) is 6.08 Å². The summed E-state index contributed by atoms with van der Waals surface area (Å²) < 4.78 is 0. The van der Waals surface area contributed by atoms with Gasteiger partial charge in [-0.05, 0) is 30.0 Å². The number of rotatable bonds is 6. The Bertz CT molecular complexity index is 520. The zero-order chi connectivity index (χ0) is 14.4. The Labute approximate surface area is 113 Å². The molecule has 0 spiro atoms. The highest BCUT2D eigenvalue weighted by Gasteiger charge is 2.21. The largest absolute Gasteiger partial charge is 0.481 e. The zero-order valence-electron chi connectivity index (χ0n) is 10.1. The van der Waals surface area contributed by atoms with Gasteiger partial charge in [0.1, 0.15) is 6.04 Å². The summed E-state index contributed by atoms with van der Waals surface area (Å²) in [7, 11) is 0. The molecule has 0 saturated carbocycles. The molecule has 1 heterocycles. The van der Waals surface area contributed by atoms with Gasteiger partial charge in [-0.3, -0.25) is 9.59 Å². The summed E-state index contributed by atoms with van der Waals surface area (Å²) in [4.78, 5) is 33.6. The lowest BCUT2D eigenvalue weighted by molar-refractivity contribution is -0.146. The first-order valence-electron chi connectivity index (χ1n) is 5.37. The number of aliphatic carboxylic acids is 2. The highest BCUT2D eigenvalue weighted by molar-refractivity contribution is 7.11. The van der Waals surface area contributed by atoms with Crippen LogP contribution in [-0.2, 0) is 14.4 Å². The van der Waals surface area contributed by atoms with Crippen molar-refractivity contribution in [2.45, 2.75) is 19.4 Å². The van der Waals surface area contributed by atoms with Gasteiger partial charge in [0.05, 0.1) is 6.42 Å². The fourth-order valence-corrected chi connectivity index (χ4v) is 2.12. The molecule has 0 aliphatic rings. The Hall–Kier alpha value is -2.15. The number of aryl methyl sites for hydroxylation is 1. The van der Waals surface area contributed by atoms with Crippen LogP contribution >= 0.6 is 11.3 Å². The average Bonchev–Trinajstić information content (AvgIpc) is 2.70. The molecule has 0 aliphatic carbocycles. The Balaban J connectivity index is 2.63. The third-order valence-electron chi connectivity index (χ3n) is 2.28. The SMILES string of the molecule is Cc1ccsc1/C=C/C(=O)N[C@@H](CC(=O)O)C(=O)O. The van der Waals surface area contributed by atoms with Crippen LogP contribution in [0.5, 0.6) is 0 Å². The minimum Gasteiger partial charge on any atom is -0.481 e. The highest BCUT2D eigenvalue weighted by Crippen LogP contribution is 2.16. The van der Waals surface area contributed by atoms with E-state index in [1.54, 1.807) is 6.08 Å². The quantitative estimate of drug-likeness (QED) is 0.679. The Morgan fingerprint density at radius 1 is 1.42 bits per heavy atom. The summed E-state index contributed by atoms with van der Waals surface area (Å²) in [5.41, 5.74) is 1.01. The van der Waals surface area contributed by atoms with Crippen LogP contribution in [0.1, 0.15) is 16.9 Å². The molecular weight excluding hydrogens is 270 g/mol. The lowest BCUT2D eigenvalue weighted by Crippen LogP contribution is -2.41. The second-order valence-corrected chi connectivity index (χ2v) is 4.75. The van der Waals surface area contributed by atoms with Gasteiger partial charge in [0.15, 0.2) is 0 Å². The summed E-state index contributed by atoms with van der Waals surface area (Å²) in [6.45, 7) is 1.89. The van der Waals surface area contributed by atoms with Crippen LogP contribution < -0.4 is 5.32 Å². The number of amides is 1. The van der Waals surface area contributed by atoms with Crippen molar-refractivity contribution >= 4 is 35.3 Å². The standard InChI is InChI=1S/C12H13NO5S/c1-7-4-5-19-9(7)2-3-10(14)13-8(12(17)18)6-11(15)16/h2-5,8H,6H2,1H3,(H,13,14)(H,15,16)(H,17,18)/b3-2+/t8-/m0/s1. The molecule has 0 aliphatic heterocycles. The number of hydrogen-bond donors (Lipinski definition) is 3. The molecule has 1 aromatic rings. The van der Waals surface area contributed by atoms with E-state index in [2.05, 4.69) is 5.32 Å². The third-order valence-corrected chi connectivity index (χ3v) is 3.27. The Morgan fingerprint density at radius 2 is 2.11 bits per heavy atom. The summed E-state index contributed by atoms with van der Waals surface area (Å²) in [6.07, 6.45) is 2.10. The molecule has 0 saturated heterocycles. The van der Waals surface area contributed by atoms with Crippen molar-refractivity contribution in [3.63, 3.8) is 0 Å². The summed E-state index contributed by atoms with van der Waals surface area (Å²) >= 11 is 1.45. The third kappa shape index (κ3) is 4.92. The van der Waals surface area contributed by atoms with Gasteiger partial charge < -0.3 is 15.5 Å². The highest BCUT2D eigenvalue weighted by atomic mass is 32.1. The smallest absolute Gasteiger partial charge is 0.326 e. The second-order valence-electron chi connectivity index (χ2n) is 3.80. The normalized spacial score (nSPS) is 12.3. The minimum atomic E-state index is -1.43. The molecule has 1 amide bonds. The number of carboxylic acid groups (broad SMARTS) is 2. The van der Waals surface area contributed by atoms with E-state index < -0.39 is 30.3 Å². The van der Waals surface area contributed by atoms with E-state index in [1.807, 2.05) is 18.4 Å². The lowest BCUT2D eigenvalue weighted by atomic mass is 10.2. The predicted octanol–water partition coefficient (Wildman–Crippen LogP) is 1.11. The van der Waals surface area contributed by atoms with Crippen LogP contribution in [0.15, 0.2) is 17.5 Å². The number of carbonyl (C=O) groups is 3. The van der Waals surface area contributed by atoms with Crippen molar-refractivity contribution in [3.05, 3.63) is 28.0 Å². The molecule has 0 fully saturated rings. The molecular formula is C12H13NO5S. The maximum atomic E-state index is 11.5. The number of hydrogen-bond acceptors (Lipinski definition) is 4. The molecule has 0 radical (unpaired) electrons. The van der Waals surface area contributed by atoms with E-state index in [0.29, 0.717) is 0 Å². The van der Waals surface area contributed by atoms with Crippen molar-refractivity contribution in [3.8, 4) is 0 Å². The topological polar surface area (TPSA) is 104 Å². The fraction of sp³-hybridized carbons (Fsp3) is 0.250. The molecule has 19 heavy (non-hydrogen) atoms. The first kappa shape index (κ1) is 14.9. The van der Waals surface area contributed by atoms with Crippen LogP contribution in [0.2, 0.25) is 0 Å². The van der Waals surface area contributed by atoms with Gasteiger partial charge in [0.2, 0.25) is 5.91 Å². The molecule has 0 aromatic carbocycles. The zero-order valence-corrected chi connectivity index (χ0v) is 10.9. The van der Waals surface area contributed by atoms with Crippen molar-refractivity contribution in [2.24, 2.45) is 0 Å². The van der Waals surface area contributed by atoms with E-state index in [-0.39, 0.29) is 0 Å². The molecule has 3 N–H and O–H groups in total. The lowest BCUT2D eigenvalue weighted by Gasteiger charge is -2.10. The minimum absolute atomic E-state index is 0.638. The molecule has 1 atom stereocenters. The van der Waals surface area contributed by atoms with Crippen LogP contribution in [0.3, 0.4) is 0 Å². The Kier molecular flexibility index (Phi) is 5.25. The first-order chi connectivity index (χ1) is 8.90. The summed E-state index contributed by atoms with van der Waals surface area (Å²) in [5.74, 6) is -3.30. The molecule has 7 heteroatoms. The van der Waals surface area contributed by atoms with Crippen molar-refractivity contribution in [1.29, 1.82) is 0 Å². The van der Waals surface area contributed by atoms with Crippen molar-refractivity contribution in [1.82, 2.24) is 5.32 Å². The molecule has 102 valence electrons. The van der Waals surface area contributed by atoms with E-state index in [1.165, 1.54) is 17.4 Å². The summed E-state index contributed by atoms with van der Waals surface area (Å²) in [6, 6.07) is 0.464. The molecule has 0 bridgehead atoms. The van der Waals surface area contributed by atoms with E-state index in [4.69, 9.17) is 10.2 Å². The number of carbonyl (C=O) groups excluding carboxylic acids is 1. The van der Waals surface area contributed by atoms with Gasteiger partial charge in [-0.1, -0.05) is 0 Å². The molecule has 1 rings (SSSR count). The fourth-order valence-electron chi connectivity index (χ4n) is 1.30. The van der Waals surface area contributed by atoms with E-state index in [0.717, 1.165) is 10.4 Å². The van der Waals surface area contributed by atoms with Crippen LogP contribution in [0.4, 0.5) is 0 Å². The molecule has 0 unspecified atom stereocenters. The maximum Gasteiger partial charge on any atom is 0.326 e. The monoisotopic (exact) mass is 283 g/mol. The van der Waals surface area contributed by atoms with Gasteiger partial charge in [-0.2, -0.15) is 0 Å². The van der Waals surface area contributed by atoms with Gasteiger partial charge in [0, 0.05) is 11.0 Å². The van der Waals surface area contributed by atoms with Crippen molar-refractivity contribution < 1.29 is 24.6 Å². The first-order valence-corrected chi connectivity index (χ1v) is 6.25. The van der Waals surface area contributed by atoms with Crippen LogP contribution in [-0.4, -0.2) is 34.1 Å². The van der Waals surface area contributed by atoms with Gasteiger partial charge >= 0.3 is 11.9 Å². The maximum absolute atomic E-state index is 11.5. The van der Waals surface area contributed by atoms with Gasteiger partial charge in [-0.15, -0.1) is 11.3 Å². The molecule has 1 aromatic heterocycles. The van der Waals surface area contributed by atoms with E-state index >= 15 is 0 Å².